The molecule has 0 saturated carbocycles. The van der Waals surface area contributed by atoms with E-state index in [-0.39, 0.29) is 44.7 Å². The van der Waals surface area contributed by atoms with Gasteiger partial charge in [0.1, 0.15) is 17.4 Å². The second kappa shape index (κ2) is 8.41. The van der Waals surface area contributed by atoms with Gasteiger partial charge < -0.3 is 14.8 Å². The Bertz CT molecular complexity index is 1340. The first kappa shape index (κ1) is 21.8. The van der Waals surface area contributed by atoms with Gasteiger partial charge in [-0.2, -0.15) is 5.26 Å². The highest BCUT2D eigenvalue weighted by Crippen LogP contribution is 2.40. The average Bonchev–Trinajstić information content (AvgIpc) is 3.21. The summed E-state index contributed by atoms with van der Waals surface area (Å²) in [7, 11) is 0. The minimum absolute atomic E-state index is 0.0274. The lowest BCUT2D eigenvalue weighted by molar-refractivity contribution is -0.0196. The van der Waals surface area contributed by atoms with Crippen molar-refractivity contribution in [2.75, 3.05) is 19.7 Å². The van der Waals surface area contributed by atoms with Gasteiger partial charge in [0.15, 0.2) is 11.6 Å². The third-order valence-electron chi connectivity index (χ3n) is 6.59. The average molecular weight is 469 g/mol. The molecular weight excluding hydrogens is 447 g/mol. The fourth-order valence-corrected chi connectivity index (χ4v) is 5.02. The van der Waals surface area contributed by atoms with E-state index >= 15 is 0 Å². The number of fused-ring (bicyclic) bond motifs is 1. The molecule has 0 bridgehead atoms. The Kier molecular flexibility index (Phi) is 5.57. The summed E-state index contributed by atoms with van der Waals surface area (Å²) in [4.78, 5) is 17.9. The molecule has 2 fully saturated rings. The molecule has 2 aliphatic rings. The zero-order valence-corrected chi connectivity index (χ0v) is 18.8. The molecule has 9 heteroatoms. The fraction of sp³-hybridized carbons (Fsp3) is 0.375. The van der Waals surface area contributed by atoms with Gasteiger partial charge in [0.25, 0.3) is 5.56 Å². The molecule has 3 aromatic rings. The monoisotopic (exact) mass is 468 g/mol. The summed E-state index contributed by atoms with van der Waals surface area (Å²) in [6.45, 7) is 3.91. The molecule has 5 rings (SSSR count). The maximum atomic E-state index is 14.5. The Morgan fingerprint density at radius 2 is 2.12 bits per heavy atom. The van der Waals surface area contributed by atoms with E-state index in [1.165, 1.54) is 24.5 Å². The quantitative estimate of drug-likeness (QED) is 0.618. The number of nitrogens with one attached hydrogen (secondary N) is 1. The van der Waals surface area contributed by atoms with Crippen molar-refractivity contribution in [2.24, 2.45) is 0 Å². The minimum atomic E-state index is -0.688. The number of rotatable bonds is 3. The molecule has 1 atom stereocenters. The van der Waals surface area contributed by atoms with E-state index in [9.17, 15) is 14.4 Å². The van der Waals surface area contributed by atoms with Gasteiger partial charge in [-0.1, -0.05) is 17.7 Å². The summed E-state index contributed by atoms with van der Waals surface area (Å²) in [5.74, 6) is -0.827. The van der Waals surface area contributed by atoms with Crippen LogP contribution in [0, 0.1) is 24.1 Å². The zero-order valence-electron chi connectivity index (χ0n) is 18.0. The number of benzene rings is 2. The van der Waals surface area contributed by atoms with E-state index in [4.69, 9.17) is 21.1 Å². The van der Waals surface area contributed by atoms with E-state index in [1.807, 2.05) is 6.07 Å². The number of ether oxygens (including phenoxy) is 2. The van der Waals surface area contributed by atoms with E-state index in [1.54, 1.807) is 17.6 Å². The number of halogens is 2. The van der Waals surface area contributed by atoms with Crippen LogP contribution in [0.1, 0.15) is 36.4 Å². The van der Waals surface area contributed by atoms with Crippen molar-refractivity contribution < 1.29 is 13.9 Å². The predicted molar refractivity (Wildman–Crippen MR) is 121 cm³/mol. The van der Waals surface area contributed by atoms with Gasteiger partial charge in [-0.05, 0) is 63.0 Å². The van der Waals surface area contributed by atoms with Gasteiger partial charge in [-0.15, -0.1) is 0 Å². The number of aromatic nitrogens is 2. The Morgan fingerprint density at radius 3 is 2.88 bits per heavy atom. The Morgan fingerprint density at radius 1 is 1.33 bits per heavy atom. The highest BCUT2D eigenvalue weighted by Gasteiger charge is 2.42. The second-order valence-electron chi connectivity index (χ2n) is 8.61. The van der Waals surface area contributed by atoms with Crippen LogP contribution < -0.4 is 15.6 Å². The summed E-state index contributed by atoms with van der Waals surface area (Å²) < 4.78 is 27.9. The molecule has 1 N–H and O–H groups in total. The number of aryl methyl sites for hydroxylation is 1. The van der Waals surface area contributed by atoms with Crippen LogP contribution in [0.25, 0.3) is 10.9 Å². The minimum Gasteiger partial charge on any atom is -0.451 e. The molecule has 170 valence electrons. The number of piperidine rings is 1. The molecule has 1 spiro atoms. The molecule has 0 amide bonds. The van der Waals surface area contributed by atoms with Crippen LogP contribution in [0.2, 0.25) is 5.02 Å². The van der Waals surface area contributed by atoms with Crippen LogP contribution >= 0.6 is 11.6 Å². The van der Waals surface area contributed by atoms with E-state index in [0.717, 1.165) is 32.4 Å². The summed E-state index contributed by atoms with van der Waals surface area (Å²) in [6, 6.07) is 7.67. The highest BCUT2D eigenvalue weighted by atomic mass is 35.5. The van der Waals surface area contributed by atoms with Gasteiger partial charge in [-0.25, -0.2) is 9.37 Å². The van der Waals surface area contributed by atoms with Crippen LogP contribution in [-0.2, 0) is 4.74 Å². The third-order valence-corrected chi connectivity index (χ3v) is 6.97. The second-order valence-corrected chi connectivity index (χ2v) is 8.99. The van der Waals surface area contributed by atoms with Crippen molar-refractivity contribution in [1.82, 2.24) is 14.9 Å². The number of hydrogen-bond acceptors (Lipinski definition) is 6. The van der Waals surface area contributed by atoms with Crippen molar-refractivity contribution in [1.29, 1.82) is 5.26 Å². The zero-order chi connectivity index (χ0) is 23.2. The maximum Gasteiger partial charge on any atom is 0.263 e. The highest BCUT2D eigenvalue weighted by molar-refractivity contribution is 6.36. The molecule has 1 aromatic heterocycles. The first-order chi connectivity index (χ1) is 15.9. The van der Waals surface area contributed by atoms with Crippen LogP contribution in [-0.4, -0.2) is 34.8 Å². The molecule has 33 heavy (non-hydrogen) atoms. The van der Waals surface area contributed by atoms with Gasteiger partial charge in [0.05, 0.1) is 40.5 Å². The number of nitriles is 1. The van der Waals surface area contributed by atoms with Gasteiger partial charge >= 0.3 is 0 Å². The molecule has 0 radical (unpaired) electrons. The fourth-order valence-electron chi connectivity index (χ4n) is 4.74. The summed E-state index contributed by atoms with van der Waals surface area (Å²) in [5.41, 5.74) is 0.540. The van der Waals surface area contributed by atoms with Crippen molar-refractivity contribution in [3.63, 3.8) is 0 Å². The molecule has 2 saturated heterocycles. The van der Waals surface area contributed by atoms with E-state index in [0.29, 0.717) is 17.7 Å². The third kappa shape index (κ3) is 3.76. The summed E-state index contributed by atoms with van der Waals surface area (Å²) in [6.07, 6.45) is 4.07. The van der Waals surface area contributed by atoms with Crippen molar-refractivity contribution in [2.45, 2.75) is 37.8 Å². The van der Waals surface area contributed by atoms with Crippen molar-refractivity contribution in [3.05, 3.63) is 62.9 Å². The summed E-state index contributed by atoms with van der Waals surface area (Å²) >= 11 is 6.58. The van der Waals surface area contributed by atoms with Gasteiger partial charge in [0, 0.05) is 0 Å². The predicted octanol–water partition coefficient (Wildman–Crippen LogP) is 4.25. The van der Waals surface area contributed by atoms with Crippen molar-refractivity contribution >= 4 is 22.5 Å². The topological polar surface area (TPSA) is 89.2 Å². The van der Waals surface area contributed by atoms with Crippen molar-refractivity contribution in [3.8, 4) is 17.6 Å². The van der Waals surface area contributed by atoms with Crippen LogP contribution in [0.5, 0.6) is 11.5 Å². The van der Waals surface area contributed by atoms with E-state index < -0.39 is 5.82 Å². The lowest BCUT2D eigenvalue weighted by atomic mass is 9.88. The van der Waals surface area contributed by atoms with E-state index in [2.05, 4.69) is 10.3 Å². The maximum absolute atomic E-state index is 14.5. The van der Waals surface area contributed by atoms with Crippen LogP contribution in [0.4, 0.5) is 4.39 Å². The molecular formula is C24H22ClFN4O3. The Hall–Kier alpha value is -2.99. The first-order valence-electron chi connectivity index (χ1n) is 10.8. The smallest absolute Gasteiger partial charge is 0.263 e. The number of nitrogens with zero attached hydrogens (tertiary/aromatic N) is 3. The molecule has 1 unspecified atom stereocenters. The van der Waals surface area contributed by atoms with Crippen LogP contribution in [0.3, 0.4) is 0 Å². The van der Waals surface area contributed by atoms with Gasteiger partial charge in [-0.3, -0.25) is 9.36 Å². The molecule has 3 heterocycles. The SMILES string of the molecule is Cc1ccc(F)c(Oc2ccc3ncn(C4COC5(CCNCC5)C4)c(=O)c3c2Cl)c1C#N. The van der Waals surface area contributed by atoms with Gasteiger partial charge in [0.2, 0.25) is 0 Å². The van der Waals surface area contributed by atoms with Crippen LogP contribution in [0.15, 0.2) is 35.4 Å². The largest absolute Gasteiger partial charge is 0.451 e. The molecule has 2 aliphatic heterocycles. The summed E-state index contributed by atoms with van der Waals surface area (Å²) in [5, 5.41) is 13.0. The normalized spacial score (nSPS) is 19.6. The Balaban J connectivity index is 1.54. The Labute approximate surface area is 194 Å². The standard InChI is InChI=1S/C24H22ClFN4O3/c1-14-2-3-17(26)22(16(14)11-27)33-19-5-4-18-20(21(19)25)23(31)30(13-29-18)15-10-24(32-12-15)6-8-28-9-7-24/h2-5,13,15,28H,6-10,12H2,1H3. The molecule has 0 aliphatic carbocycles. The molecule has 7 nitrogen and oxygen atoms in total. The molecule has 2 aromatic carbocycles. The lowest BCUT2D eigenvalue weighted by Crippen LogP contribution is -2.41. The first-order valence-corrected chi connectivity index (χ1v) is 11.2. The number of hydrogen-bond donors (Lipinski definition) is 1. The lowest BCUT2D eigenvalue weighted by Gasteiger charge is -2.32.